The van der Waals surface area contributed by atoms with Gasteiger partial charge in [0.1, 0.15) is 6.04 Å². The van der Waals surface area contributed by atoms with Crippen molar-refractivity contribution in [2.75, 3.05) is 58.4 Å². The molecule has 0 saturated carbocycles. The van der Waals surface area contributed by atoms with Crippen molar-refractivity contribution in [3.8, 4) is 11.5 Å². The Balaban J connectivity index is 1.38. The molecule has 0 radical (unpaired) electrons. The minimum absolute atomic E-state index is 0.0190. The van der Waals surface area contributed by atoms with Gasteiger partial charge in [-0.15, -0.1) is 0 Å². The first kappa shape index (κ1) is 24.4. The Hall–Kier alpha value is -3.75. The lowest BCUT2D eigenvalue weighted by molar-refractivity contribution is -0.146. The molecule has 0 aliphatic carbocycles. The van der Waals surface area contributed by atoms with E-state index >= 15 is 0 Å². The van der Waals surface area contributed by atoms with E-state index in [1.54, 1.807) is 37.3 Å². The van der Waals surface area contributed by atoms with Crippen LogP contribution in [-0.4, -0.2) is 87.1 Å². The number of benzene rings is 2. The van der Waals surface area contributed by atoms with Crippen LogP contribution in [0.4, 0.5) is 5.69 Å². The highest BCUT2D eigenvalue weighted by atomic mass is 16.5. The third-order valence-corrected chi connectivity index (χ3v) is 6.58. The fraction of sp³-hybridized carbons (Fsp3) is 0.423. The molecule has 3 amide bonds. The Morgan fingerprint density at radius 3 is 2.31 bits per heavy atom. The molecule has 186 valence electrons. The van der Waals surface area contributed by atoms with Crippen LogP contribution in [0.2, 0.25) is 0 Å². The molecule has 0 spiro atoms. The van der Waals surface area contributed by atoms with Gasteiger partial charge in [0.15, 0.2) is 11.5 Å². The molecule has 2 heterocycles. The van der Waals surface area contributed by atoms with Crippen LogP contribution in [0, 0.1) is 0 Å². The highest BCUT2D eigenvalue weighted by Crippen LogP contribution is 2.28. The first-order chi connectivity index (χ1) is 17.0. The van der Waals surface area contributed by atoms with Crippen molar-refractivity contribution in [2.45, 2.75) is 18.9 Å². The van der Waals surface area contributed by atoms with Gasteiger partial charge in [0, 0.05) is 45.0 Å². The molecular weight excluding hydrogens is 448 g/mol. The lowest BCUT2D eigenvalue weighted by Crippen LogP contribution is -2.59. The third kappa shape index (κ3) is 5.67. The second kappa shape index (κ2) is 11.1. The van der Waals surface area contributed by atoms with E-state index in [0.29, 0.717) is 37.7 Å². The molecule has 2 fully saturated rings. The molecule has 2 aliphatic heterocycles. The van der Waals surface area contributed by atoms with E-state index in [4.69, 9.17) is 9.47 Å². The summed E-state index contributed by atoms with van der Waals surface area (Å²) in [6.07, 6.45) is 0.0862. The minimum atomic E-state index is -0.809. The second-order valence-electron chi connectivity index (χ2n) is 8.67. The number of piperazine rings is 2. The molecule has 1 atom stereocenters. The summed E-state index contributed by atoms with van der Waals surface area (Å²) >= 11 is 0. The predicted octanol–water partition coefficient (Wildman–Crippen LogP) is 1.31. The summed E-state index contributed by atoms with van der Waals surface area (Å²) in [5, 5.41) is 2.80. The fourth-order valence-corrected chi connectivity index (χ4v) is 4.63. The number of hydrogen-bond acceptors (Lipinski definition) is 6. The second-order valence-corrected chi connectivity index (χ2v) is 8.67. The van der Waals surface area contributed by atoms with Gasteiger partial charge in [-0.2, -0.15) is 0 Å². The van der Waals surface area contributed by atoms with Gasteiger partial charge in [0.25, 0.3) is 0 Å². The molecule has 4 rings (SSSR count). The first-order valence-corrected chi connectivity index (χ1v) is 11.9. The van der Waals surface area contributed by atoms with Crippen molar-refractivity contribution < 1.29 is 23.9 Å². The van der Waals surface area contributed by atoms with Crippen molar-refractivity contribution in [3.05, 3.63) is 54.1 Å². The number of rotatable bonds is 7. The van der Waals surface area contributed by atoms with E-state index in [1.807, 2.05) is 18.2 Å². The standard InChI is InChI=1S/C26H32N4O5/c1-34-22-9-8-19(16-23(22)35-2)17-25(32)30-11-10-27-26(33)21(30)18-24(31)29-14-12-28(13-15-29)20-6-4-3-5-7-20/h3-9,16,21H,10-15,17-18H2,1-2H3,(H,27,33). The van der Waals surface area contributed by atoms with Gasteiger partial charge in [-0.05, 0) is 29.8 Å². The number of carbonyl (C=O) groups is 3. The molecule has 2 aliphatic rings. The lowest BCUT2D eigenvalue weighted by atomic mass is 10.0. The summed E-state index contributed by atoms with van der Waals surface area (Å²) in [7, 11) is 3.10. The van der Waals surface area contributed by atoms with Gasteiger partial charge in [-0.25, -0.2) is 0 Å². The monoisotopic (exact) mass is 480 g/mol. The highest BCUT2D eigenvalue weighted by Gasteiger charge is 2.36. The van der Waals surface area contributed by atoms with E-state index in [1.165, 1.54) is 4.90 Å². The maximum absolute atomic E-state index is 13.2. The average Bonchev–Trinajstić information content (AvgIpc) is 2.90. The fourth-order valence-electron chi connectivity index (χ4n) is 4.63. The van der Waals surface area contributed by atoms with Crippen molar-refractivity contribution in [1.29, 1.82) is 0 Å². The maximum atomic E-state index is 13.2. The van der Waals surface area contributed by atoms with E-state index in [-0.39, 0.29) is 30.6 Å². The molecule has 2 aromatic rings. The van der Waals surface area contributed by atoms with Crippen molar-refractivity contribution in [3.63, 3.8) is 0 Å². The number of carbonyl (C=O) groups excluding carboxylic acids is 3. The number of methoxy groups -OCH3 is 2. The Bertz CT molecular complexity index is 1050. The molecule has 1 N–H and O–H groups in total. The summed E-state index contributed by atoms with van der Waals surface area (Å²) in [6, 6.07) is 14.6. The minimum Gasteiger partial charge on any atom is -0.493 e. The van der Waals surface area contributed by atoms with Crippen molar-refractivity contribution in [2.24, 2.45) is 0 Å². The van der Waals surface area contributed by atoms with Gasteiger partial charge in [-0.1, -0.05) is 24.3 Å². The molecular formula is C26H32N4O5. The quantitative estimate of drug-likeness (QED) is 0.643. The van der Waals surface area contributed by atoms with Gasteiger partial charge in [-0.3, -0.25) is 14.4 Å². The van der Waals surface area contributed by atoms with Crippen LogP contribution < -0.4 is 19.7 Å². The first-order valence-electron chi connectivity index (χ1n) is 11.9. The van der Waals surface area contributed by atoms with Crippen molar-refractivity contribution in [1.82, 2.24) is 15.1 Å². The van der Waals surface area contributed by atoms with Crippen LogP contribution in [0.25, 0.3) is 0 Å². The molecule has 9 nitrogen and oxygen atoms in total. The molecule has 9 heteroatoms. The average molecular weight is 481 g/mol. The van der Waals surface area contributed by atoms with Crippen LogP contribution in [-0.2, 0) is 20.8 Å². The topological polar surface area (TPSA) is 91.4 Å². The number of anilines is 1. The summed E-state index contributed by atoms with van der Waals surface area (Å²) in [6.45, 7) is 3.38. The Labute approximate surface area is 205 Å². The SMILES string of the molecule is COc1ccc(CC(=O)N2CCNC(=O)C2CC(=O)N2CCN(c3ccccc3)CC2)cc1OC. The zero-order valence-corrected chi connectivity index (χ0v) is 20.2. The van der Waals surface area contributed by atoms with E-state index in [2.05, 4.69) is 22.3 Å². The zero-order chi connectivity index (χ0) is 24.8. The van der Waals surface area contributed by atoms with Crippen LogP contribution in [0.3, 0.4) is 0 Å². The van der Waals surface area contributed by atoms with E-state index < -0.39 is 6.04 Å². The molecule has 2 saturated heterocycles. The largest absolute Gasteiger partial charge is 0.493 e. The van der Waals surface area contributed by atoms with E-state index in [0.717, 1.165) is 24.3 Å². The summed E-state index contributed by atoms with van der Waals surface area (Å²) < 4.78 is 10.6. The van der Waals surface area contributed by atoms with Gasteiger partial charge < -0.3 is 29.5 Å². The predicted molar refractivity (Wildman–Crippen MR) is 132 cm³/mol. The number of nitrogens with one attached hydrogen (secondary N) is 1. The van der Waals surface area contributed by atoms with Crippen LogP contribution in [0.15, 0.2) is 48.5 Å². The van der Waals surface area contributed by atoms with Gasteiger partial charge >= 0.3 is 0 Å². The van der Waals surface area contributed by atoms with Crippen LogP contribution >= 0.6 is 0 Å². The molecule has 35 heavy (non-hydrogen) atoms. The molecule has 1 unspecified atom stereocenters. The smallest absolute Gasteiger partial charge is 0.243 e. The number of para-hydroxylation sites is 1. The number of ether oxygens (including phenoxy) is 2. The van der Waals surface area contributed by atoms with Gasteiger partial charge in [0.2, 0.25) is 17.7 Å². The Kier molecular flexibility index (Phi) is 7.74. The lowest BCUT2D eigenvalue weighted by Gasteiger charge is -2.39. The third-order valence-electron chi connectivity index (χ3n) is 6.58. The zero-order valence-electron chi connectivity index (χ0n) is 20.2. The summed E-state index contributed by atoms with van der Waals surface area (Å²) in [5.41, 5.74) is 1.89. The van der Waals surface area contributed by atoms with Crippen molar-refractivity contribution >= 4 is 23.4 Å². The van der Waals surface area contributed by atoms with Gasteiger partial charge in [0.05, 0.1) is 27.1 Å². The van der Waals surface area contributed by atoms with Crippen LogP contribution in [0.5, 0.6) is 11.5 Å². The Morgan fingerprint density at radius 2 is 1.63 bits per heavy atom. The number of amides is 3. The molecule has 0 bridgehead atoms. The van der Waals surface area contributed by atoms with Crippen LogP contribution in [0.1, 0.15) is 12.0 Å². The number of nitrogens with zero attached hydrogens (tertiary/aromatic N) is 3. The maximum Gasteiger partial charge on any atom is 0.243 e. The highest BCUT2D eigenvalue weighted by molar-refractivity contribution is 5.93. The van der Waals surface area contributed by atoms with E-state index in [9.17, 15) is 14.4 Å². The summed E-state index contributed by atoms with van der Waals surface area (Å²) in [4.78, 5) is 44.5. The molecule has 2 aromatic carbocycles. The summed E-state index contributed by atoms with van der Waals surface area (Å²) in [5.74, 6) is 0.531. The number of hydrogen-bond donors (Lipinski definition) is 1. The Morgan fingerprint density at radius 1 is 0.914 bits per heavy atom. The molecule has 0 aromatic heterocycles. The normalized spacial score (nSPS) is 18.2.